The molecule has 0 aliphatic carbocycles. The molecule has 1 N–H and O–H groups in total. The Morgan fingerprint density at radius 1 is 1.00 bits per heavy atom. The topological polar surface area (TPSA) is 81.8 Å². The summed E-state index contributed by atoms with van der Waals surface area (Å²) < 4.78 is 3.14. The molecule has 0 radical (unpaired) electrons. The van der Waals surface area contributed by atoms with Gasteiger partial charge in [0.1, 0.15) is 6.54 Å². The van der Waals surface area contributed by atoms with Crippen molar-refractivity contribution in [1.29, 1.82) is 0 Å². The Hall–Kier alpha value is -3.74. The van der Waals surface area contributed by atoms with Gasteiger partial charge in [-0.1, -0.05) is 48.5 Å². The number of hydrogen-bond acceptors (Lipinski definition) is 4. The van der Waals surface area contributed by atoms with E-state index in [1.807, 2.05) is 48.9 Å². The van der Waals surface area contributed by atoms with Crippen LogP contribution in [0.25, 0.3) is 10.8 Å². The second kappa shape index (κ2) is 8.32. The first kappa shape index (κ1) is 19.6. The second-order valence-corrected chi connectivity index (χ2v) is 7.26. The van der Waals surface area contributed by atoms with Gasteiger partial charge in [-0.15, -0.1) is 0 Å². The van der Waals surface area contributed by atoms with Crippen molar-refractivity contribution in [2.45, 2.75) is 33.5 Å². The van der Waals surface area contributed by atoms with Crippen LogP contribution in [-0.4, -0.2) is 25.5 Å². The molecular formula is C23H23N5O2. The van der Waals surface area contributed by atoms with Crippen LogP contribution in [0.4, 0.5) is 0 Å². The Morgan fingerprint density at radius 3 is 2.53 bits per heavy atom. The van der Waals surface area contributed by atoms with Gasteiger partial charge in [0.25, 0.3) is 5.56 Å². The van der Waals surface area contributed by atoms with Crippen molar-refractivity contribution >= 4 is 16.7 Å². The summed E-state index contributed by atoms with van der Waals surface area (Å²) in [4.78, 5) is 25.0. The van der Waals surface area contributed by atoms with Crippen molar-refractivity contribution in [3.63, 3.8) is 0 Å². The van der Waals surface area contributed by atoms with Gasteiger partial charge in [0.2, 0.25) is 5.91 Å². The molecule has 0 aliphatic rings. The van der Waals surface area contributed by atoms with E-state index in [0.717, 1.165) is 22.3 Å². The third kappa shape index (κ3) is 4.00. The lowest BCUT2D eigenvalue weighted by Crippen LogP contribution is -2.33. The summed E-state index contributed by atoms with van der Waals surface area (Å²) in [5.74, 6) is -0.269. The molecule has 0 atom stereocenters. The third-order valence-electron chi connectivity index (χ3n) is 5.22. The number of nitrogens with zero attached hydrogens (tertiary/aromatic N) is 4. The fourth-order valence-electron chi connectivity index (χ4n) is 3.52. The van der Waals surface area contributed by atoms with Crippen molar-refractivity contribution in [1.82, 2.24) is 24.9 Å². The molecule has 7 nitrogen and oxygen atoms in total. The summed E-state index contributed by atoms with van der Waals surface area (Å²) in [6, 6.07) is 17.3. The summed E-state index contributed by atoms with van der Waals surface area (Å²) >= 11 is 0. The number of aromatic nitrogens is 4. The molecular weight excluding hydrogens is 378 g/mol. The van der Waals surface area contributed by atoms with Crippen molar-refractivity contribution < 1.29 is 4.79 Å². The highest BCUT2D eigenvalue weighted by atomic mass is 16.2. The highest BCUT2D eigenvalue weighted by Crippen LogP contribution is 2.14. The molecule has 2 heterocycles. The number of aryl methyl sites for hydroxylation is 1. The van der Waals surface area contributed by atoms with Crippen LogP contribution < -0.4 is 10.9 Å². The van der Waals surface area contributed by atoms with Gasteiger partial charge in [-0.25, -0.2) is 4.68 Å². The number of fused-ring (bicyclic) bond motifs is 1. The average Bonchev–Trinajstić information content (AvgIpc) is 3.02. The number of carbonyl (C=O) groups excluding carboxylic acids is 1. The van der Waals surface area contributed by atoms with Crippen LogP contribution in [0.5, 0.6) is 0 Å². The highest BCUT2D eigenvalue weighted by Gasteiger charge is 2.14. The molecule has 0 saturated heterocycles. The van der Waals surface area contributed by atoms with Crippen LogP contribution in [0.2, 0.25) is 0 Å². The fraction of sp³-hybridized carbons (Fsp3) is 0.217. The Bertz CT molecular complexity index is 1260. The van der Waals surface area contributed by atoms with E-state index in [2.05, 4.69) is 27.6 Å². The molecule has 152 valence electrons. The second-order valence-electron chi connectivity index (χ2n) is 7.26. The van der Waals surface area contributed by atoms with E-state index in [-0.39, 0.29) is 18.0 Å². The number of benzene rings is 2. The van der Waals surface area contributed by atoms with E-state index in [4.69, 9.17) is 0 Å². The van der Waals surface area contributed by atoms with Crippen molar-refractivity contribution in [3.05, 3.63) is 93.7 Å². The molecule has 0 spiro atoms. The number of rotatable bonds is 6. The van der Waals surface area contributed by atoms with Gasteiger partial charge in [-0.2, -0.15) is 10.2 Å². The minimum Gasteiger partial charge on any atom is -0.350 e. The monoisotopic (exact) mass is 401 g/mol. The maximum Gasteiger partial charge on any atom is 0.275 e. The molecule has 0 aliphatic heterocycles. The van der Waals surface area contributed by atoms with Gasteiger partial charge in [0, 0.05) is 23.2 Å². The summed E-state index contributed by atoms with van der Waals surface area (Å²) in [5, 5.41) is 12.9. The van der Waals surface area contributed by atoms with Gasteiger partial charge in [-0.3, -0.25) is 14.3 Å². The van der Waals surface area contributed by atoms with Gasteiger partial charge in [0.15, 0.2) is 0 Å². The lowest BCUT2D eigenvalue weighted by Gasteiger charge is -2.09. The molecule has 4 rings (SSSR count). The lowest BCUT2D eigenvalue weighted by atomic mass is 10.2. The van der Waals surface area contributed by atoms with Crippen molar-refractivity contribution in [2.75, 3.05) is 0 Å². The third-order valence-corrected chi connectivity index (χ3v) is 5.22. The van der Waals surface area contributed by atoms with E-state index in [9.17, 15) is 9.59 Å². The summed E-state index contributed by atoms with van der Waals surface area (Å²) in [5.41, 5.74) is 3.77. The number of amides is 1. The lowest BCUT2D eigenvalue weighted by molar-refractivity contribution is -0.122. The quantitative estimate of drug-likeness (QED) is 0.538. The Balaban J connectivity index is 1.44. The SMILES string of the molecule is Cc1nn(Cc2ccccc2)c(C)c1CNC(=O)Cn1ncc2ccccc2c1=O. The van der Waals surface area contributed by atoms with Gasteiger partial charge < -0.3 is 5.32 Å². The largest absolute Gasteiger partial charge is 0.350 e. The molecule has 7 heteroatoms. The minimum atomic E-state index is -0.272. The van der Waals surface area contributed by atoms with E-state index in [1.165, 1.54) is 10.2 Å². The van der Waals surface area contributed by atoms with Crippen LogP contribution in [-0.2, 0) is 24.4 Å². The Morgan fingerprint density at radius 2 is 1.73 bits per heavy atom. The molecule has 2 aromatic carbocycles. The van der Waals surface area contributed by atoms with E-state index in [0.29, 0.717) is 18.5 Å². The molecule has 30 heavy (non-hydrogen) atoms. The summed E-state index contributed by atoms with van der Waals surface area (Å²) in [7, 11) is 0. The molecule has 1 amide bonds. The van der Waals surface area contributed by atoms with Gasteiger partial charge >= 0.3 is 0 Å². The average molecular weight is 401 g/mol. The summed E-state index contributed by atoms with van der Waals surface area (Å²) in [6.45, 7) is 4.84. The number of carbonyl (C=O) groups is 1. The maximum atomic E-state index is 12.5. The summed E-state index contributed by atoms with van der Waals surface area (Å²) in [6.07, 6.45) is 1.60. The zero-order chi connectivity index (χ0) is 21.1. The van der Waals surface area contributed by atoms with Crippen molar-refractivity contribution in [2.24, 2.45) is 0 Å². The van der Waals surface area contributed by atoms with Crippen LogP contribution in [0.1, 0.15) is 22.5 Å². The maximum absolute atomic E-state index is 12.5. The van der Waals surface area contributed by atoms with Crippen molar-refractivity contribution in [3.8, 4) is 0 Å². The van der Waals surface area contributed by atoms with E-state index >= 15 is 0 Å². The van der Waals surface area contributed by atoms with E-state index < -0.39 is 0 Å². The van der Waals surface area contributed by atoms with Crippen LogP contribution in [0, 0.1) is 13.8 Å². The predicted molar refractivity (Wildman–Crippen MR) is 115 cm³/mol. The first-order valence-electron chi connectivity index (χ1n) is 9.81. The van der Waals surface area contributed by atoms with E-state index in [1.54, 1.807) is 18.3 Å². The van der Waals surface area contributed by atoms with Crippen LogP contribution >= 0.6 is 0 Å². The Kier molecular flexibility index (Phi) is 5.43. The fourth-order valence-corrected chi connectivity index (χ4v) is 3.52. The zero-order valence-corrected chi connectivity index (χ0v) is 17.0. The van der Waals surface area contributed by atoms with Crippen LogP contribution in [0.15, 0.2) is 65.6 Å². The molecule has 0 saturated carbocycles. The Labute approximate surface area is 174 Å². The van der Waals surface area contributed by atoms with Gasteiger partial charge in [0.05, 0.1) is 23.8 Å². The standard InChI is InChI=1S/C23H23N5O2/c1-16-21(17(2)27(26-16)14-18-8-4-3-5-9-18)13-24-22(29)15-28-23(30)20-11-7-6-10-19(20)12-25-28/h3-12H,13-15H2,1-2H3,(H,24,29). The molecule has 2 aromatic heterocycles. The number of hydrogen-bond donors (Lipinski definition) is 1. The molecule has 0 bridgehead atoms. The smallest absolute Gasteiger partial charge is 0.275 e. The molecule has 0 unspecified atom stereocenters. The minimum absolute atomic E-state index is 0.125. The molecule has 0 fully saturated rings. The number of nitrogens with one attached hydrogen (secondary N) is 1. The van der Waals surface area contributed by atoms with Crippen LogP contribution in [0.3, 0.4) is 0 Å². The highest BCUT2D eigenvalue weighted by molar-refractivity contribution is 5.81. The first-order valence-corrected chi connectivity index (χ1v) is 9.81. The molecule has 4 aromatic rings. The van der Waals surface area contributed by atoms with Gasteiger partial charge in [-0.05, 0) is 25.5 Å². The predicted octanol–water partition coefficient (Wildman–Crippen LogP) is 2.57. The normalized spacial score (nSPS) is 11.0. The zero-order valence-electron chi connectivity index (χ0n) is 17.0. The first-order chi connectivity index (χ1) is 14.5.